The zero-order valence-electron chi connectivity index (χ0n) is 11.5. The van der Waals surface area contributed by atoms with Crippen LogP contribution in [0.3, 0.4) is 0 Å². The molecule has 0 aliphatic heterocycles. The SMILES string of the molecule is CC(=O)c1cc(C(=O)OCc2ccc(Cl)cc2Cl)n(C)c1. The lowest BCUT2D eigenvalue weighted by molar-refractivity contribution is 0.0461. The summed E-state index contributed by atoms with van der Waals surface area (Å²) in [5, 5.41) is 0.954. The molecule has 0 fully saturated rings. The van der Waals surface area contributed by atoms with E-state index in [0.29, 0.717) is 26.9 Å². The monoisotopic (exact) mass is 325 g/mol. The molecule has 0 spiro atoms. The van der Waals surface area contributed by atoms with Gasteiger partial charge in [-0.25, -0.2) is 4.79 Å². The molecule has 1 heterocycles. The van der Waals surface area contributed by atoms with Gasteiger partial charge in [0.1, 0.15) is 12.3 Å². The Bertz CT molecular complexity index is 707. The average Bonchev–Trinajstić information content (AvgIpc) is 2.80. The zero-order chi connectivity index (χ0) is 15.6. The van der Waals surface area contributed by atoms with E-state index in [-0.39, 0.29) is 12.4 Å². The van der Waals surface area contributed by atoms with Gasteiger partial charge in [-0.2, -0.15) is 0 Å². The normalized spacial score (nSPS) is 10.5. The van der Waals surface area contributed by atoms with Crippen molar-refractivity contribution in [2.45, 2.75) is 13.5 Å². The van der Waals surface area contributed by atoms with Crippen molar-refractivity contribution in [2.75, 3.05) is 0 Å². The maximum absolute atomic E-state index is 12.0. The fraction of sp³-hybridized carbons (Fsp3) is 0.200. The number of carbonyl (C=O) groups is 2. The van der Waals surface area contributed by atoms with Gasteiger partial charge in [0.15, 0.2) is 5.78 Å². The van der Waals surface area contributed by atoms with Gasteiger partial charge in [-0.15, -0.1) is 0 Å². The van der Waals surface area contributed by atoms with Crippen LogP contribution >= 0.6 is 23.2 Å². The first-order valence-electron chi connectivity index (χ1n) is 6.17. The molecule has 0 bridgehead atoms. The Morgan fingerprint density at radius 1 is 1.24 bits per heavy atom. The van der Waals surface area contributed by atoms with Crippen molar-refractivity contribution in [3.63, 3.8) is 0 Å². The summed E-state index contributed by atoms with van der Waals surface area (Å²) in [6.07, 6.45) is 1.59. The number of benzene rings is 1. The van der Waals surface area contributed by atoms with Crippen molar-refractivity contribution in [2.24, 2.45) is 7.05 Å². The molecule has 6 heteroatoms. The Kier molecular flexibility index (Phi) is 4.70. The summed E-state index contributed by atoms with van der Waals surface area (Å²) >= 11 is 11.8. The third kappa shape index (κ3) is 3.65. The van der Waals surface area contributed by atoms with Crippen molar-refractivity contribution in [1.29, 1.82) is 0 Å². The summed E-state index contributed by atoms with van der Waals surface area (Å²) in [5.41, 5.74) is 1.44. The van der Waals surface area contributed by atoms with Crippen LogP contribution in [0.25, 0.3) is 0 Å². The fourth-order valence-corrected chi connectivity index (χ4v) is 2.28. The Labute approximate surface area is 132 Å². The van der Waals surface area contributed by atoms with Crippen molar-refractivity contribution in [3.8, 4) is 0 Å². The van der Waals surface area contributed by atoms with Gasteiger partial charge in [-0.1, -0.05) is 29.3 Å². The molecular weight excluding hydrogens is 313 g/mol. The van der Waals surface area contributed by atoms with Gasteiger partial charge in [0.05, 0.1) is 0 Å². The van der Waals surface area contributed by atoms with Gasteiger partial charge in [0.2, 0.25) is 0 Å². The largest absolute Gasteiger partial charge is 0.456 e. The van der Waals surface area contributed by atoms with Crippen LogP contribution in [0, 0.1) is 0 Å². The van der Waals surface area contributed by atoms with E-state index >= 15 is 0 Å². The lowest BCUT2D eigenvalue weighted by Crippen LogP contribution is -2.09. The van der Waals surface area contributed by atoms with E-state index in [1.807, 2.05) is 0 Å². The van der Waals surface area contributed by atoms with E-state index in [1.54, 1.807) is 36.0 Å². The molecule has 0 aliphatic rings. The highest BCUT2D eigenvalue weighted by Gasteiger charge is 2.15. The maximum atomic E-state index is 12.0. The topological polar surface area (TPSA) is 48.3 Å². The lowest BCUT2D eigenvalue weighted by Gasteiger charge is -2.07. The number of aryl methyl sites for hydroxylation is 1. The molecule has 1 aromatic heterocycles. The molecule has 2 rings (SSSR count). The van der Waals surface area contributed by atoms with Gasteiger partial charge in [-0.05, 0) is 25.1 Å². The Hall–Kier alpha value is -1.78. The minimum Gasteiger partial charge on any atom is -0.456 e. The molecule has 4 nitrogen and oxygen atoms in total. The van der Waals surface area contributed by atoms with E-state index in [9.17, 15) is 9.59 Å². The van der Waals surface area contributed by atoms with Crippen LogP contribution in [0.1, 0.15) is 33.3 Å². The number of rotatable bonds is 4. The summed E-state index contributed by atoms with van der Waals surface area (Å²) in [6, 6.07) is 6.47. The summed E-state index contributed by atoms with van der Waals surface area (Å²) in [4.78, 5) is 23.3. The van der Waals surface area contributed by atoms with Crippen molar-refractivity contribution >= 4 is 35.0 Å². The first-order valence-corrected chi connectivity index (χ1v) is 6.92. The number of Topliss-reactive ketones (excluding diaryl/α,β-unsaturated/α-hetero) is 1. The number of ether oxygens (including phenoxy) is 1. The molecule has 21 heavy (non-hydrogen) atoms. The van der Waals surface area contributed by atoms with Gasteiger partial charge in [-0.3, -0.25) is 4.79 Å². The minimum absolute atomic E-state index is 0.0371. The first kappa shape index (κ1) is 15.6. The third-order valence-corrected chi connectivity index (χ3v) is 3.58. The third-order valence-electron chi connectivity index (χ3n) is 2.99. The molecule has 0 atom stereocenters. The van der Waals surface area contributed by atoms with Gasteiger partial charge >= 0.3 is 5.97 Å². The molecular formula is C15H13Cl2NO3. The zero-order valence-corrected chi connectivity index (χ0v) is 13.0. The van der Waals surface area contributed by atoms with E-state index < -0.39 is 5.97 Å². The predicted molar refractivity (Wildman–Crippen MR) is 81.0 cm³/mol. The second-order valence-electron chi connectivity index (χ2n) is 4.59. The van der Waals surface area contributed by atoms with Crippen LogP contribution in [0.15, 0.2) is 30.5 Å². The van der Waals surface area contributed by atoms with Gasteiger partial charge in [0, 0.05) is 34.4 Å². The summed E-state index contributed by atoms with van der Waals surface area (Å²) < 4.78 is 6.77. The summed E-state index contributed by atoms with van der Waals surface area (Å²) in [6.45, 7) is 1.48. The number of hydrogen-bond acceptors (Lipinski definition) is 3. The standard InChI is InChI=1S/C15H13Cl2NO3/c1-9(19)11-5-14(18(2)7-11)15(20)21-8-10-3-4-12(16)6-13(10)17/h3-7H,8H2,1-2H3. The number of halogens is 2. The number of aromatic nitrogens is 1. The molecule has 0 aliphatic carbocycles. The summed E-state index contributed by atoms with van der Waals surface area (Å²) in [5.74, 6) is -0.624. The lowest BCUT2D eigenvalue weighted by atomic mass is 10.2. The molecule has 0 unspecified atom stereocenters. The van der Waals surface area contributed by atoms with Crippen LogP contribution in [0.5, 0.6) is 0 Å². The molecule has 1 aromatic carbocycles. The molecule has 0 radical (unpaired) electrons. The predicted octanol–water partition coefficient (Wildman–Crippen LogP) is 3.89. The average molecular weight is 326 g/mol. The van der Waals surface area contributed by atoms with Crippen molar-refractivity contribution in [1.82, 2.24) is 4.57 Å². The molecule has 110 valence electrons. The highest BCUT2D eigenvalue weighted by atomic mass is 35.5. The van der Waals surface area contributed by atoms with Gasteiger partial charge in [0.25, 0.3) is 0 Å². The van der Waals surface area contributed by atoms with Gasteiger partial charge < -0.3 is 9.30 Å². The van der Waals surface area contributed by atoms with E-state index in [2.05, 4.69) is 0 Å². The summed E-state index contributed by atoms with van der Waals surface area (Å²) in [7, 11) is 1.68. The second-order valence-corrected chi connectivity index (χ2v) is 5.44. The maximum Gasteiger partial charge on any atom is 0.355 e. The molecule has 2 aromatic rings. The molecule has 0 saturated heterocycles. The Morgan fingerprint density at radius 2 is 1.95 bits per heavy atom. The number of hydrogen-bond donors (Lipinski definition) is 0. The van der Waals surface area contributed by atoms with Crippen LogP contribution < -0.4 is 0 Å². The van der Waals surface area contributed by atoms with Crippen LogP contribution in [-0.2, 0) is 18.4 Å². The molecule has 0 saturated carbocycles. The minimum atomic E-state index is -0.518. The number of carbonyl (C=O) groups excluding carboxylic acids is 2. The molecule has 0 amide bonds. The highest BCUT2D eigenvalue weighted by molar-refractivity contribution is 6.35. The number of nitrogens with zero attached hydrogens (tertiary/aromatic N) is 1. The Morgan fingerprint density at radius 3 is 2.52 bits per heavy atom. The smallest absolute Gasteiger partial charge is 0.355 e. The second kappa shape index (κ2) is 6.33. The Balaban J connectivity index is 2.10. The highest BCUT2D eigenvalue weighted by Crippen LogP contribution is 2.22. The quantitative estimate of drug-likeness (QED) is 0.632. The van der Waals surface area contributed by atoms with E-state index in [1.165, 1.54) is 13.0 Å². The number of ketones is 1. The first-order chi connectivity index (χ1) is 9.88. The van der Waals surface area contributed by atoms with E-state index in [4.69, 9.17) is 27.9 Å². The van der Waals surface area contributed by atoms with Crippen LogP contribution in [0.4, 0.5) is 0 Å². The molecule has 0 N–H and O–H groups in total. The number of esters is 1. The van der Waals surface area contributed by atoms with Crippen LogP contribution in [0.2, 0.25) is 10.0 Å². The van der Waals surface area contributed by atoms with Crippen molar-refractivity contribution < 1.29 is 14.3 Å². The fourth-order valence-electron chi connectivity index (χ4n) is 1.82. The van der Waals surface area contributed by atoms with E-state index in [0.717, 1.165) is 0 Å². The van der Waals surface area contributed by atoms with Crippen LogP contribution in [-0.4, -0.2) is 16.3 Å². The van der Waals surface area contributed by atoms with Crippen molar-refractivity contribution in [3.05, 3.63) is 57.3 Å².